The number of hydrogen-bond donors (Lipinski definition) is 3. The molecule has 8 nitrogen and oxygen atoms in total. The molecule has 0 radical (unpaired) electrons. The molecule has 9 heteroatoms. The summed E-state index contributed by atoms with van der Waals surface area (Å²) in [5.41, 5.74) is 0.338. The van der Waals surface area contributed by atoms with E-state index in [9.17, 15) is 9.36 Å². The molecule has 2 atom stereocenters. The molecule has 2 aliphatic rings. The zero-order chi connectivity index (χ0) is 16.2. The fourth-order valence-corrected chi connectivity index (χ4v) is 4.41. The van der Waals surface area contributed by atoms with Crippen LogP contribution in [0.15, 0.2) is 23.3 Å². The van der Waals surface area contributed by atoms with Gasteiger partial charge in [-0.1, -0.05) is 0 Å². The average molecular weight is 336 g/mol. The number of aromatic nitrogens is 3. The molecule has 122 valence electrons. The third kappa shape index (κ3) is 2.78. The molecule has 1 aliphatic heterocycles. The monoisotopic (exact) mass is 336 g/mol. The third-order valence-electron chi connectivity index (χ3n) is 4.93. The van der Waals surface area contributed by atoms with E-state index in [0.29, 0.717) is 29.8 Å². The van der Waals surface area contributed by atoms with Crippen LogP contribution >= 0.6 is 7.60 Å². The van der Waals surface area contributed by atoms with Crippen molar-refractivity contribution in [2.45, 2.75) is 6.42 Å². The van der Waals surface area contributed by atoms with Gasteiger partial charge in [0.05, 0.1) is 11.5 Å². The highest BCUT2D eigenvalue weighted by atomic mass is 31.2. The zero-order valence-electron chi connectivity index (χ0n) is 12.3. The van der Waals surface area contributed by atoms with Crippen molar-refractivity contribution in [2.24, 2.45) is 17.8 Å². The van der Waals surface area contributed by atoms with E-state index in [1.54, 1.807) is 6.07 Å². The van der Waals surface area contributed by atoms with Crippen molar-refractivity contribution in [3.8, 4) is 0 Å². The van der Waals surface area contributed by atoms with Crippen molar-refractivity contribution in [1.82, 2.24) is 15.0 Å². The van der Waals surface area contributed by atoms with Crippen LogP contribution in [-0.2, 0) is 4.57 Å². The largest absolute Gasteiger partial charge is 0.355 e. The molecule has 1 aliphatic carbocycles. The Bertz CT molecular complexity index is 851. The molecule has 0 amide bonds. The lowest BCUT2D eigenvalue weighted by molar-refractivity contribution is 0.369. The predicted molar refractivity (Wildman–Crippen MR) is 84.4 cm³/mol. The van der Waals surface area contributed by atoms with Crippen molar-refractivity contribution in [3.05, 3.63) is 28.8 Å². The minimum atomic E-state index is -3.90. The van der Waals surface area contributed by atoms with Gasteiger partial charge >= 0.3 is 7.60 Å². The van der Waals surface area contributed by atoms with Crippen molar-refractivity contribution < 1.29 is 14.4 Å². The molecule has 4 rings (SSSR count). The van der Waals surface area contributed by atoms with Crippen LogP contribution in [0.1, 0.15) is 6.42 Å². The molecule has 2 fully saturated rings. The average Bonchev–Trinajstić information content (AvgIpc) is 2.94. The van der Waals surface area contributed by atoms with Gasteiger partial charge in [0, 0.05) is 19.2 Å². The van der Waals surface area contributed by atoms with E-state index in [4.69, 9.17) is 9.79 Å². The molecule has 2 unspecified atom stereocenters. The first-order valence-electron chi connectivity index (χ1n) is 7.56. The van der Waals surface area contributed by atoms with Gasteiger partial charge in [0.15, 0.2) is 0 Å². The predicted octanol–water partition coefficient (Wildman–Crippen LogP) is 0.568. The maximum Gasteiger partial charge on any atom is 0.325 e. The fraction of sp³-hybridized carbons (Fsp3) is 0.500. The molecular weight excluding hydrogens is 319 g/mol. The summed E-state index contributed by atoms with van der Waals surface area (Å²) in [6, 6.07) is 3.20. The van der Waals surface area contributed by atoms with E-state index >= 15 is 0 Å². The quantitative estimate of drug-likeness (QED) is 0.698. The molecule has 0 aromatic carbocycles. The standard InChI is InChI=1S/C14H17N4O4P/c19-12-2-1-9-13(17-12)15-7-16-14(9)18-5-10-8(11(10)6-18)3-4-23(20,21)22/h1-2,7-8,10-11H,3-6H2,(H2,20,21,22)(H,15,16,17,19). The highest BCUT2D eigenvalue weighted by Gasteiger charge is 2.55. The second-order valence-electron chi connectivity index (χ2n) is 6.36. The van der Waals surface area contributed by atoms with Gasteiger partial charge in [0.2, 0.25) is 5.56 Å². The van der Waals surface area contributed by atoms with Gasteiger partial charge in [-0.05, 0) is 30.2 Å². The third-order valence-corrected chi connectivity index (χ3v) is 5.77. The van der Waals surface area contributed by atoms with Crippen molar-refractivity contribution in [3.63, 3.8) is 0 Å². The maximum absolute atomic E-state index is 11.4. The van der Waals surface area contributed by atoms with Crippen LogP contribution in [0, 0.1) is 17.8 Å². The number of anilines is 1. The van der Waals surface area contributed by atoms with E-state index < -0.39 is 7.60 Å². The highest BCUT2D eigenvalue weighted by molar-refractivity contribution is 7.51. The number of H-pyrrole nitrogens is 1. The summed E-state index contributed by atoms with van der Waals surface area (Å²) in [4.78, 5) is 42.7. The molecule has 3 heterocycles. The Balaban J connectivity index is 1.49. The van der Waals surface area contributed by atoms with Crippen LogP contribution in [0.25, 0.3) is 11.0 Å². The number of piperidine rings is 1. The molecular formula is C14H17N4O4P. The number of nitrogens with zero attached hydrogens (tertiary/aromatic N) is 3. The Kier molecular flexibility index (Phi) is 3.30. The van der Waals surface area contributed by atoms with Gasteiger partial charge in [-0.3, -0.25) is 9.36 Å². The van der Waals surface area contributed by atoms with Crippen molar-refractivity contribution in [1.29, 1.82) is 0 Å². The minimum Gasteiger partial charge on any atom is -0.355 e. The van der Waals surface area contributed by atoms with E-state index in [1.807, 2.05) is 0 Å². The molecule has 2 aromatic rings. The summed E-state index contributed by atoms with van der Waals surface area (Å²) in [5, 5.41) is 0.820. The summed E-state index contributed by atoms with van der Waals surface area (Å²) in [5.74, 6) is 2.18. The van der Waals surface area contributed by atoms with Gasteiger partial charge in [-0.2, -0.15) is 0 Å². The number of rotatable bonds is 4. The van der Waals surface area contributed by atoms with E-state index in [2.05, 4.69) is 19.9 Å². The Hall–Kier alpha value is -1.76. The van der Waals surface area contributed by atoms with Crippen LogP contribution in [0.4, 0.5) is 5.82 Å². The minimum absolute atomic E-state index is 0.0255. The molecule has 1 saturated heterocycles. The summed E-state index contributed by atoms with van der Waals surface area (Å²) in [7, 11) is -3.90. The number of pyridine rings is 1. The zero-order valence-corrected chi connectivity index (χ0v) is 13.2. The van der Waals surface area contributed by atoms with Crippen LogP contribution in [0.3, 0.4) is 0 Å². The van der Waals surface area contributed by atoms with Crippen molar-refractivity contribution >= 4 is 24.4 Å². The first kappa shape index (κ1) is 14.8. The van der Waals surface area contributed by atoms with Crippen LogP contribution < -0.4 is 10.5 Å². The van der Waals surface area contributed by atoms with Crippen LogP contribution in [0.5, 0.6) is 0 Å². The van der Waals surface area contributed by atoms with Gasteiger partial charge in [-0.15, -0.1) is 0 Å². The first-order valence-corrected chi connectivity index (χ1v) is 9.36. The Morgan fingerprint density at radius 1 is 1.26 bits per heavy atom. The van der Waals surface area contributed by atoms with Gasteiger partial charge in [0.25, 0.3) is 0 Å². The molecule has 23 heavy (non-hydrogen) atoms. The normalized spacial score (nSPS) is 26.5. The Morgan fingerprint density at radius 2 is 2.00 bits per heavy atom. The maximum atomic E-state index is 11.4. The topological polar surface area (TPSA) is 119 Å². The first-order chi connectivity index (χ1) is 10.9. The lowest BCUT2D eigenvalue weighted by atomic mass is 10.2. The highest BCUT2D eigenvalue weighted by Crippen LogP contribution is 2.56. The summed E-state index contributed by atoms with van der Waals surface area (Å²) < 4.78 is 11.0. The number of hydrogen-bond acceptors (Lipinski definition) is 5. The van der Waals surface area contributed by atoms with E-state index in [0.717, 1.165) is 24.3 Å². The number of aromatic amines is 1. The molecule has 3 N–H and O–H groups in total. The summed E-state index contributed by atoms with van der Waals surface area (Å²) >= 11 is 0. The lowest BCUT2D eigenvalue weighted by Crippen LogP contribution is -2.25. The molecule has 0 spiro atoms. The Labute approximate surface area is 131 Å². The number of nitrogens with one attached hydrogen (secondary N) is 1. The van der Waals surface area contributed by atoms with Gasteiger partial charge in [0.1, 0.15) is 17.8 Å². The van der Waals surface area contributed by atoms with Gasteiger partial charge in [-0.25, -0.2) is 9.97 Å². The van der Waals surface area contributed by atoms with E-state index in [-0.39, 0.29) is 11.7 Å². The second-order valence-corrected chi connectivity index (χ2v) is 8.13. The smallest absolute Gasteiger partial charge is 0.325 e. The number of fused-ring (bicyclic) bond motifs is 2. The summed E-state index contributed by atoms with van der Waals surface area (Å²) in [6.45, 7) is 1.67. The van der Waals surface area contributed by atoms with Crippen molar-refractivity contribution in [2.75, 3.05) is 24.2 Å². The lowest BCUT2D eigenvalue weighted by Gasteiger charge is -2.22. The van der Waals surface area contributed by atoms with Gasteiger partial charge < -0.3 is 19.7 Å². The second kappa shape index (κ2) is 5.12. The fourth-order valence-electron chi connectivity index (χ4n) is 3.78. The SMILES string of the molecule is O=c1ccc2c(N3CC4C(CCP(=O)(O)O)C4C3)ncnc2[nH]1. The summed E-state index contributed by atoms with van der Waals surface area (Å²) in [6.07, 6.45) is 2.01. The van der Waals surface area contributed by atoms with Crippen LogP contribution in [0.2, 0.25) is 0 Å². The van der Waals surface area contributed by atoms with Crippen LogP contribution in [-0.4, -0.2) is 44.0 Å². The molecule has 0 bridgehead atoms. The molecule has 1 saturated carbocycles. The molecule has 2 aromatic heterocycles. The van der Waals surface area contributed by atoms with E-state index in [1.165, 1.54) is 12.4 Å². The Morgan fingerprint density at radius 3 is 2.70 bits per heavy atom.